The number of nitrogens with one attached hydrogen (secondary N) is 1. The van der Waals surface area contributed by atoms with E-state index >= 15 is 0 Å². The minimum absolute atomic E-state index is 0.147. The molecule has 1 aliphatic heterocycles. The Bertz CT molecular complexity index is 291. The predicted molar refractivity (Wildman–Crippen MR) is 81.9 cm³/mol. The molecule has 2 N–H and O–H groups in total. The van der Waals surface area contributed by atoms with Gasteiger partial charge >= 0.3 is 0 Å². The Morgan fingerprint density at radius 3 is 2.55 bits per heavy atom. The van der Waals surface area contributed by atoms with Crippen LogP contribution in [-0.4, -0.2) is 61.0 Å². The highest BCUT2D eigenvalue weighted by Gasteiger charge is 2.39. The van der Waals surface area contributed by atoms with Crippen LogP contribution in [0.1, 0.15) is 46.5 Å². The molecule has 2 fully saturated rings. The molecule has 0 aromatic carbocycles. The van der Waals surface area contributed by atoms with Gasteiger partial charge in [0.2, 0.25) is 0 Å². The molecule has 2 aliphatic rings. The smallest absolute Gasteiger partial charge is 0.0558 e. The van der Waals surface area contributed by atoms with E-state index < -0.39 is 0 Å². The Labute approximate surface area is 123 Å². The number of hydrogen-bond donors (Lipinski definition) is 2. The van der Waals surface area contributed by atoms with Crippen molar-refractivity contribution in [3.63, 3.8) is 0 Å². The van der Waals surface area contributed by atoms with Crippen molar-refractivity contribution in [3.8, 4) is 0 Å². The molecular formula is C16H32N2O2. The standard InChI is InChI=1S/C16H32N2O2/c1-15(2,3)17-11-16(7-10-20-13-16)12-18(8-9-19)14-5-4-6-14/h14,17,19H,4-13H2,1-3H3. The van der Waals surface area contributed by atoms with E-state index in [0.29, 0.717) is 6.04 Å². The lowest BCUT2D eigenvalue weighted by molar-refractivity contribution is 0.0420. The third-order valence-corrected chi connectivity index (χ3v) is 4.70. The number of ether oxygens (including phenoxy) is 1. The molecule has 0 spiro atoms. The van der Waals surface area contributed by atoms with Crippen molar-refractivity contribution < 1.29 is 9.84 Å². The molecule has 0 aromatic rings. The van der Waals surface area contributed by atoms with Crippen molar-refractivity contribution in [3.05, 3.63) is 0 Å². The Morgan fingerprint density at radius 1 is 1.35 bits per heavy atom. The second-order valence-electron chi connectivity index (χ2n) is 7.68. The molecule has 2 rings (SSSR count). The summed E-state index contributed by atoms with van der Waals surface area (Å²) in [6.07, 6.45) is 5.06. The highest BCUT2D eigenvalue weighted by atomic mass is 16.5. The SMILES string of the molecule is CC(C)(C)NCC1(CN(CCO)C2CCC2)CCOC1. The molecule has 1 heterocycles. The van der Waals surface area contributed by atoms with Gasteiger partial charge in [-0.2, -0.15) is 0 Å². The number of aliphatic hydroxyl groups excluding tert-OH is 1. The van der Waals surface area contributed by atoms with Crippen LogP contribution in [0, 0.1) is 5.41 Å². The summed E-state index contributed by atoms with van der Waals surface area (Å²) < 4.78 is 5.71. The first-order valence-corrected chi connectivity index (χ1v) is 8.12. The van der Waals surface area contributed by atoms with Gasteiger partial charge in [0.25, 0.3) is 0 Å². The maximum absolute atomic E-state index is 9.33. The van der Waals surface area contributed by atoms with Crippen LogP contribution in [0.2, 0.25) is 0 Å². The van der Waals surface area contributed by atoms with Crippen molar-refractivity contribution in [2.45, 2.75) is 58.0 Å². The first-order chi connectivity index (χ1) is 9.44. The summed E-state index contributed by atoms with van der Waals surface area (Å²) >= 11 is 0. The Kier molecular flexibility index (Phi) is 5.46. The highest BCUT2D eigenvalue weighted by molar-refractivity contribution is 4.93. The molecular weight excluding hydrogens is 252 g/mol. The first-order valence-electron chi connectivity index (χ1n) is 8.12. The molecule has 1 unspecified atom stereocenters. The van der Waals surface area contributed by atoms with E-state index in [9.17, 15) is 5.11 Å². The van der Waals surface area contributed by atoms with Crippen LogP contribution in [0.4, 0.5) is 0 Å². The summed E-state index contributed by atoms with van der Waals surface area (Å²) in [5.74, 6) is 0. The molecule has 4 nitrogen and oxygen atoms in total. The molecule has 0 radical (unpaired) electrons. The van der Waals surface area contributed by atoms with Crippen molar-refractivity contribution >= 4 is 0 Å². The van der Waals surface area contributed by atoms with E-state index in [-0.39, 0.29) is 17.6 Å². The molecule has 1 saturated heterocycles. The van der Waals surface area contributed by atoms with Gasteiger partial charge in [-0.15, -0.1) is 0 Å². The van der Waals surface area contributed by atoms with Gasteiger partial charge in [-0.05, 0) is 40.0 Å². The van der Waals surface area contributed by atoms with E-state index in [1.54, 1.807) is 0 Å². The summed E-state index contributed by atoms with van der Waals surface area (Å²) in [4.78, 5) is 2.50. The minimum atomic E-state index is 0.147. The first kappa shape index (κ1) is 16.2. The predicted octanol–water partition coefficient (Wildman–Crippen LogP) is 1.63. The van der Waals surface area contributed by atoms with Gasteiger partial charge in [-0.25, -0.2) is 0 Å². The average Bonchev–Trinajstić information content (AvgIpc) is 2.73. The van der Waals surface area contributed by atoms with Crippen LogP contribution >= 0.6 is 0 Å². The monoisotopic (exact) mass is 284 g/mol. The second kappa shape index (κ2) is 6.73. The number of hydrogen-bond acceptors (Lipinski definition) is 4. The lowest BCUT2D eigenvalue weighted by Gasteiger charge is -2.43. The third kappa shape index (κ3) is 4.42. The maximum Gasteiger partial charge on any atom is 0.0558 e. The zero-order valence-electron chi connectivity index (χ0n) is 13.5. The Balaban J connectivity index is 1.95. The molecule has 0 bridgehead atoms. The van der Waals surface area contributed by atoms with Gasteiger partial charge in [-0.1, -0.05) is 6.42 Å². The van der Waals surface area contributed by atoms with Crippen LogP contribution in [0.5, 0.6) is 0 Å². The molecule has 1 aliphatic carbocycles. The molecule has 4 heteroatoms. The van der Waals surface area contributed by atoms with E-state index in [0.717, 1.165) is 39.3 Å². The summed E-state index contributed by atoms with van der Waals surface area (Å²) in [5, 5.41) is 13.0. The summed E-state index contributed by atoms with van der Waals surface area (Å²) in [6, 6.07) is 0.689. The molecule has 0 aromatic heterocycles. The lowest BCUT2D eigenvalue weighted by atomic mass is 9.83. The van der Waals surface area contributed by atoms with Gasteiger partial charge in [0.15, 0.2) is 0 Å². The number of nitrogens with zero attached hydrogens (tertiary/aromatic N) is 1. The van der Waals surface area contributed by atoms with Gasteiger partial charge in [-0.3, -0.25) is 4.90 Å². The third-order valence-electron chi connectivity index (χ3n) is 4.70. The zero-order valence-corrected chi connectivity index (χ0v) is 13.5. The summed E-state index contributed by atoms with van der Waals surface area (Å²) in [5.41, 5.74) is 0.367. The topological polar surface area (TPSA) is 44.7 Å². The fourth-order valence-corrected chi connectivity index (χ4v) is 3.12. The Morgan fingerprint density at radius 2 is 2.10 bits per heavy atom. The van der Waals surface area contributed by atoms with E-state index in [1.807, 2.05) is 0 Å². The van der Waals surface area contributed by atoms with Crippen LogP contribution in [0.25, 0.3) is 0 Å². The normalized spacial score (nSPS) is 28.1. The molecule has 118 valence electrons. The lowest BCUT2D eigenvalue weighted by Crippen LogP contribution is -2.53. The van der Waals surface area contributed by atoms with E-state index in [4.69, 9.17) is 4.74 Å². The summed E-state index contributed by atoms with van der Waals surface area (Å²) in [6.45, 7) is 11.5. The van der Waals surface area contributed by atoms with Crippen molar-refractivity contribution in [1.29, 1.82) is 0 Å². The largest absolute Gasteiger partial charge is 0.395 e. The van der Waals surface area contributed by atoms with Crippen molar-refractivity contribution in [1.82, 2.24) is 10.2 Å². The minimum Gasteiger partial charge on any atom is -0.395 e. The number of rotatable bonds is 7. The molecule has 1 atom stereocenters. The van der Waals surface area contributed by atoms with E-state index in [2.05, 4.69) is 31.0 Å². The number of aliphatic hydroxyl groups is 1. The van der Waals surface area contributed by atoms with Gasteiger partial charge in [0, 0.05) is 43.2 Å². The van der Waals surface area contributed by atoms with Gasteiger partial charge in [0.05, 0.1) is 13.2 Å². The van der Waals surface area contributed by atoms with Crippen LogP contribution < -0.4 is 5.32 Å². The zero-order chi connectivity index (χ0) is 14.6. The highest BCUT2D eigenvalue weighted by Crippen LogP contribution is 2.33. The van der Waals surface area contributed by atoms with Crippen molar-refractivity contribution in [2.24, 2.45) is 5.41 Å². The van der Waals surface area contributed by atoms with Gasteiger partial charge in [0.1, 0.15) is 0 Å². The molecule has 20 heavy (non-hydrogen) atoms. The van der Waals surface area contributed by atoms with Crippen LogP contribution in [0.15, 0.2) is 0 Å². The quantitative estimate of drug-likeness (QED) is 0.746. The fraction of sp³-hybridized carbons (Fsp3) is 1.00. The Hall–Kier alpha value is -0.160. The molecule has 0 amide bonds. The van der Waals surface area contributed by atoms with Crippen molar-refractivity contribution in [2.75, 3.05) is 39.5 Å². The molecule has 1 saturated carbocycles. The summed E-state index contributed by atoms with van der Waals surface area (Å²) in [7, 11) is 0. The van der Waals surface area contributed by atoms with Crippen LogP contribution in [-0.2, 0) is 4.74 Å². The fourth-order valence-electron chi connectivity index (χ4n) is 3.12. The maximum atomic E-state index is 9.33. The second-order valence-corrected chi connectivity index (χ2v) is 7.68. The average molecular weight is 284 g/mol. The van der Waals surface area contributed by atoms with Gasteiger partial charge < -0.3 is 15.2 Å². The van der Waals surface area contributed by atoms with Crippen LogP contribution in [0.3, 0.4) is 0 Å². The van der Waals surface area contributed by atoms with E-state index in [1.165, 1.54) is 19.3 Å².